The highest BCUT2D eigenvalue weighted by molar-refractivity contribution is 7.91. The van der Waals surface area contributed by atoms with Gasteiger partial charge in [-0.05, 0) is 59.9 Å². The first-order chi connectivity index (χ1) is 12.9. The van der Waals surface area contributed by atoms with Crippen molar-refractivity contribution in [3.05, 3.63) is 53.6 Å². The number of hydrogen-bond donors (Lipinski definition) is 0. The fraction of sp³-hybridized carbons (Fsp3) is 0.286. The van der Waals surface area contributed by atoms with Crippen molar-refractivity contribution in [1.82, 2.24) is 0 Å². The molecule has 0 radical (unpaired) electrons. The molecule has 27 heavy (non-hydrogen) atoms. The Labute approximate surface area is 159 Å². The second-order valence-corrected chi connectivity index (χ2v) is 8.43. The van der Waals surface area contributed by atoms with Gasteiger partial charge in [-0.3, -0.25) is 0 Å². The molecule has 1 aliphatic rings. The van der Waals surface area contributed by atoms with Gasteiger partial charge < -0.3 is 9.47 Å². The van der Waals surface area contributed by atoms with E-state index in [-0.39, 0.29) is 17.1 Å². The molecule has 3 rings (SSSR count). The second kappa shape index (κ2) is 7.96. The average molecular weight is 386 g/mol. The molecule has 0 spiro atoms. The fourth-order valence-electron chi connectivity index (χ4n) is 2.99. The van der Waals surface area contributed by atoms with E-state index >= 15 is 0 Å². The van der Waals surface area contributed by atoms with Crippen LogP contribution in [-0.4, -0.2) is 33.9 Å². The van der Waals surface area contributed by atoms with Crippen molar-refractivity contribution in [2.24, 2.45) is 0 Å². The molecule has 0 saturated heterocycles. The molecule has 0 unspecified atom stereocenters. The number of benzene rings is 2. The van der Waals surface area contributed by atoms with Gasteiger partial charge in [0.15, 0.2) is 9.84 Å². The largest absolute Gasteiger partial charge is 0.494 e. The van der Waals surface area contributed by atoms with Crippen molar-refractivity contribution in [2.75, 3.05) is 19.5 Å². The van der Waals surface area contributed by atoms with Crippen LogP contribution in [0, 0.1) is 0 Å². The number of carbonyl (C=O) groups is 1. The standard InChI is InChI=1S/C21H22O5S/c1-3-11-26-19-7-4-15(5-8-19)16-6-9-20-18(13-16)14-17(21(22)25-2)10-12-27(20,23)24/h4-9,13-14H,3,10-12H2,1-2H3. The van der Waals surface area contributed by atoms with E-state index in [0.29, 0.717) is 17.7 Å². The van der Waals surface area contributed by atoms with E-state index < -0.39 is 15.8 Å². The number of ether oxygens (including phenoxy) is 2. The van der Waals surface area contributed by atoms with Gasteiger partial charge in [0.05, 0.1) is 24.4 Å². The number of sulfone groups is 1. The van der Waals surface area contributed by atoms with Crippen LogP contribution in [0.15, 0.2) is 52.9 Å². The third kappa shape index (κ3) is 4.22. The zero-order valence-corrected chi connectivity index (χ0v) is 16.2. The van der Waals surface area contributed by atoms with Crippen LogP contribution in [0.2, 0.25) is 0 Å². The van der Waals surface area contributed by atoms with Crippen molar-refractivity contribution in [3.63, 3.8) is 0 Å². The Morgan fingerprint density at radius 3 is 2.44 bits per heavy atom. The maximum Gasteiger partial charge on any atom is 0.333 e. The third-order valence-corrected chi connectivity index (χ3v) is 6.21. The van der Waals surface area contributed by atoms with Gasteiger partial charge in [0, 0.05) is 5.57 Å². The Hall–Kier alpha value is -2.60. The van der Waals surface area contributed by atoms with Gasteiger partial charge >= 0.3 is 5.97 Å². The molecule has 2 aromatic rings. The molecular formula is C21H22O5S. The normalized spacial score (nSPS) is 15.3. The van der Waals surface area contributed by atoms with Crippen molar-refractivity contribution in [1.29, 1.82) is 0 Å². The summed E-state index contributed by atoms with van der Waals surface area (Å²) >= 11 is 0. The lowest BCUT2D eigenvalue weighted by Crippen LogP contribution is -2.09. The van der Waals surface area contributed by atoms with Crippen LogP contribution in [0.1, 0.15) is 25.3 Å². The number of carbonyl (C=O) groups excluding carboxylic acids is 1. The summed E-state index contributed by atoms with van der Waals surface area (Å²) in [5, 5.41) is 0. The lowest BCUT2D eigenvalue weighted by molar-refractivity contribution is -0.136. The van der Waals surface area contributed by atoms with Gasteiger partial charge in [0.1, 0.15) is 5.75 Å². The average Bonchev–Trinajstić information content (AvgIpc) is 2.81. The maximum atomic E-state index is 12.5. The molecule has 1 aliphatic heterocycles. The van der Waals surface area contributed by atoms with Gasteiger partial charge in [-0.2, -0.15) is 0 Å². The minimum Gasteiger partial charge on any atom is -0.494 e. The van der Waals surface area contributed by atoms with Crippen molar-refractivity contribution >= 4 is 21.9 Å². The Morgan fingerprint density at radius 2 is 1.78 bits per heavy atom. The van der Waals surface area contributed by atoms with Crippen molar-refractivity contribution in [3.8, 4) is 16.9 Å². The van der Waals surface area contributed by atoms with E-state index in [4.69, 9.17) is 9.47 Å². The summed E-state index contributed by atoms with van der Waals surface area (Å²) in [4.78, 5) is 12.2. The lowest BCUT2D eigenvalue weighted by Gasteiger charge is -2.09. The highest BCUT2D eigenvalue weighted by Gasteiger charge is 2.25. The second-order valence-electron chi connectivity index (χ2n) is 6.36. The number of esters is 1. The Bertz CT molecular complexity index is 972. The molecule has 6 heteroatoms. The molecule has 1 heterocycles. The minimum absolute atomic E-state index is 0.107. The van der Waals surface area contributed by atoms with Crippen molar-refractivity contribution < 1.29 is 22.7 Å². The van der Waals surface area contributed by atoms with Crippen LogP contribution in [-0.2, 0) is 19.4 Å². The molecule has 0 atom stereocenters. The number of methoxy groups -OCH3 is 1. The molecule has 0 aromatic heterocycles. The molecular weight excluding hydrogens is 364 g/mol. The van der Waals surface area contributed by atoms with E-state index in [2.05, 4.69) is 0 Å². The Morgan fingerprint density at radius 1 is 1.07 bits per heavy atom. The number of hydrogen-bond acceptors (Lipinski definition) is 5. The van der Waals surface area contributed by atoms with Crippen LogP contribution in [0.5, 0.6) is 5.75 Å². The predicted molar refractivity (Wildman–Crippen MR) is 104 cm³/mol. The highest BCUT2D eigenvalue weighted by atomic mass is 32.2. The Balaban J connectivity index is 2.01. The van der Waals surface area contributed by atoms with Crippen LogP contribution in [0.25, 0.3) is 17.2 Å². The number of fused-ring (bicyclic) bond motifs is 1. The topological polar surface area (TPSA) is 69.7 Å². The van der Waals surface area contributed by atoms with Gasteiger partial charge in [0.2, 0.25) is 0 Å². The van der Waals surface area contributed by atoms with Crippen LogP contribution in [0.3, 0.4) is 0 Å². The van der Waals surface area contributed by atoms with Crippen LogP contribution >= 0.6 is 0 Å². The van der Waals surface area contributed by atoms with E-state index in [1.165, 1.54) is 7.11 Å². The zero-order valence-electron chi connectivity index (χ0n) is 15.4. The molecule has 0 amide bonds. The maximum absolute atomic E-state index is 12.5. The first-order valence-electron chi connectivity index (χ1n) is 8.83. The highest BCUT2D eigenvalue weighted by Crippen LogP contribution is 2.31. The van der Waals surface area contributed by atoms with E-state index in [0.717, 1.165) is 23.3 Å². The zero-order chi connectivity index (χ0) is 19.4. The van der Waals surface area contributed by atoms with Crippen LogP contribution < -0.4 is 4.74 Å². The summed E-state index contributed by atoms with van der Waals surface area (Å²) in [5.41, 5.74) is 2.68. The van der Waals surface area contributed by atoms with E-state index in [9.17, 15) is 13.2 Å². The smallest absolute Gasteiger partial charge is 0.333 e. The summed E-state index contributed by atoms with van der Waals surface area (Å²) in [5.74, 6) is 0.190. The molecule has 0 aliphatic carbocycles. The van der Waals surface area contributed by atoms with Gasteiger partial charge in [-0.15, -0.1) is 0 Å². The first-order valence-corrected chi connectivity index (χ1v) is 10.5. The van der Waals surface area contributed by atoms with Gasteiger partial charge in [-0.25, -0.2) is 13.2 Å². The lowest BCUT2D eigenvalue weighted by atomic mass is 10.0. The number of rotatable bonds is 5. The first kappa shape index (κ1) is 19.2. The summed E-state index contributed by atoms with van der Waals surface area (Å²) in [6.07, 6.45) is 2.70. The fourth-order valence-corrected chi connectivity index (χ4v) is 4.45. The summed E-state index contributed by atoms with van der Waals surface area (Å²) in [6, 6.07) is 12.8. The van der Waals surface area contributed by atoms with E-state index in [1.54, 1.807) is 24.3 Å². The van der Waals surface area contributed by atoms with Crippen LogP contribution in [0.4, 0.5) is 0 Å². The molecule has 0 N–H and O–H groups in total. The van der Waals surface area contributed by atoms with Gasteiger partial charge in [-0.1, -0.05) is 25.1 Å². The summed E-state index contributed by atoms with van der Waals surface area (Å²) in [6.45, 7) is 2.71. The molecule has 5 nitrogen and oxygen atoms in total. The molecule has 0 saturated carbocycles. The van der Waals surface area contributed by atoms with E-state index in [1.807, 2.05) is 31.2 Å². The molecule has 2 aromatic carbocycles. The molecule has 142 valence electrons. The van der Waals surface area contributed by atoms with Gasteiger partial charge in [0.25, 0.3) is 0 Å². The quantitative estimate of drug-likeness (QED) is 0.730. The minimum atomic E-state index is -3.45. The third-order valence-electron chi connectivity index (χ3n) is 4.42. The predicted octanol–water partition coefficient (Wildman–Crippen LogP) is 3.88. The Kier molecular flexibility index (Phi) is 5.65. The summed E-state index contributed by atoms with van der Waals surface area (Å²) < 4.78 is 35.4. The SMILES string of the molecule is CCCOc1ccc(-c2ccc3c(c2)C=C(C(=O)OC)CCS3(=O)=O)cc1. The molecule has 0 bridgehead atoms. The molecule has 0 fully saturated rings. The van der Waals surface area contributed by atoms with Crippen molar-refractivity contribution in [2.45, 2.75) is 24.7 Å². The monoisotopic (exact) mass is 386 g/mol. The summed E-state index contributed by atoms with van der Waals surface area (Å²) in [7, 11) is -2.16.